The second-order valence-electron chi connectivity index (χ2n) is 11.0. The van der Waals surface area contributed by atoms with E-state index in [-0.39, 0.29) is 12.1 Å². The Morgan fingerprint density at radius 3 is 2.48 bits per heavy atom. The maximum absolute atomic E-state index is 13.9. The van der Waals surface area contributed by atoms with Gasteiger partial charge in [-0.05, 0) is 50.5 Å². The quantitative estimate of drug-likeness (QED) is 0.202. The molecule has 4 rings (SSSR count). The van der Waals surface area contributed by atoms with Crippen LogP contribution < -0.4 is 20.9 Å². The highest BCUT2D eigenvalue weighted by molar-refractivity contribution is 6.39. The average Bonchev–Trinajstić information content (AvgIpc) is 3.20. The summed E-state index contributed by atoms with van der Waals surface area (Å²) in [6.07, 6.45) is -5.01. The molecule has 8 nitrogen and oxygen atoms in total. The molecule has 1 aromatic heterocycles. The number of nitrogens with zero attached hydrogens (tertiary/aromatic N) is 3. The third-order valence-corrected chi connectivity index (χ3v) is 7.76. The molecule has 1 amide bonds. The second kappa shape index (κ2) is 12.8. The van der Waals surface area contributed by atoms with Gasteiger partial charge in [-0.2, -0.15) is 13.2 Å². The van der Waals surface area contributed by atoms with Gasteiger partial charge in [0, 0.05) is 39.8 Å². The van der Waals surface area contributed by atoms with E-state index in [1.165, 1.54) is 13.8 Å². The zero-order chi connectivity index (χ0) is 30.8. The number of aromatic nitrogens is 2. The van der Waals surface area contributed by atoms with Crippen LogP contribution in [0.25, 0.3) is 11.0 Å². The summed E-state index contributed by atoms with van der Waals surface area (Å²) in [4.78, 5) is 19.7. The van der Waals surface area contributed by atoms with E-state index in [4.69, 9.17) is 23.2 Å². The Balaban J connectivity index is 1.67. The van der Waals surface area contributed by atoms with Crippen LogP contribution in [0.5, 0.6) is 0 Å². The minimum absolute atomic E-state index is 0.129. The summed E-state index contributed by atoms with van der Waals surface area (Å²) in [5, 5.41) is 19.2. The van der Waals surface area contributed by atoms with Gasteiger partial charge < -0.3 is 30.5 Å². The van der Waals surface area contributed by atoms with E-state index in [1.807, 2.05) is 4.90 Å². The number of hydrogen-bond acceptors (Lipinski definition) is 6. The molecule has 0 saturated carbocycles. The summed E-state index contributed by atoms with van der Waals surface area (Å²) in [6, 6.07) is 6.73. The van der Waals surface area contributed by atoms with Gasteiger partial charge in [0.05, 0.1) is 50.5 Å². The maximum Gasteiger partial charge on any atom is 0.390 e. The molecule has 0 aliphatic carbocycles. The van der Waals surface area contributed by atoms with E-state index in [1.54, 1.807) is 35.9 Å². The third-order valence-electron chi connectivity index (χ3n) is 7.01. The summed E-state index contributed by atoms with van der Waals surface area (Å²) in [6.45, 7) is 3.78. The topological polar surface area (TPSA) is 94.5 Å². The van der Waals surface area contributed by atoms with Crippen molar-refractivity contribution in [2.24, 2.45) is 7.05 Å². The van der Waals surface area contributed by atoms with Gasteiger partial charge in [-0.3, -0.25) is 4.79 Å². The highest BCUT2D eigenvalue weighted by Crippen LogP contribution is 2.37. The van der Waals surface area contributed by atoms with Crippen LogP contribution in [0.15, 0.2) is 24.3 Å². The van der Waals surface area contributed by atoms with Gasteiger partial charge in [-0.25, -0.2) is 9.37 Å². The van der Waals surface area contributed by atoms with Crippen molar-refractivity contribution in [3.8, 4) is 0 Å². The number of anilines is 3. The van der Waals surface area contributed by atoms with Gasteiger partial charge in [0.25, 0.3) is 5.91 Å². The molecule has 1 aliphatic heterocycles. The first kappa shape index (κ1) is 32.1. The molecule has 0 radical (unpaired) electrons. The number of rotatable bonds is 10. The molecule has 42 heavy (non-hydrogen) atoms. The molecule has 0 bridgehead atoms. The van der Waals surface area contributed by atoms with Gasteiger partial charge in [0.2, 0.25) is 5.95 Å². The fraction of sp³-hybridized carbons (Fsp3) is 0.500. The van der Waals surface area contributed by atoms with Crippen LogP contribution in [0.2, 0.25) is 10.0 Å². The summed E-state index contributed by atoms with van der Waals surface area (Å²) >= 11 is 13.1. The van der Waals surface area contributed by atoms with E-state index in [0.717, 1.165) is 0 Å². The minimum Gasteiger partial charge on any atom is -0.393 e. The lowest BCUT2D eigenvalue weighted by Crippen LogP contribution is -2.37. The molecule has 2 aromatic carbocycles. The molecule has 1 saturated heterocycles. The number of amides is 1. The number of carbonyl (C=O) groups is 1. The molecular weight excluding hydrogens is 599 g/mol. The summed E-state index contributed by atoms with van der Waals surface area (Å²) in [7, 11) is 1.76. The molecule has 0 spiro atoms. The van der Waals surface area contributed by atoms with Crippen LogP contribution in [0.3, 0.4) is 0 Å². The Morgan fingerprint density at radius 1 is 1.14 bits per heavy atom. The van der Waals surface area contributed by atoms with E-state index in [9.17, 15) is 27.5 Å². The molecule has 1 fully saturated rings. The first-order valence-electron chi connectivity index (χ1n) is 13.5. The molecule has 3 aromatic rings. The van der Waals surface area contributed by atoms with Crippen LogP contribution in [0, 0.1) is 0 Å². The first-order chi connectivity index (χ1) is 19.6. The largest absolute Gasteiger partial charge is 0.393 e. The molecule has 14 heteroatoms. The number of carbonyl (C=O) groups excluding carboxylic acids is 1. The molecular formula is C28H34Cl2F4N6O2. The van der Waals surface area contributed by atoms with Crippen molar-refractivity contribution < 1.29 is 27.5 Å². The predicted molar refractivity (Wildman–Crippen MR) is 158 cm³/mol. The van der Waals surface area contributed by atoms with Crippen LogP contribution >= 0.6 is 23.2 Å². The van der Waals surface area contributed by atoms with Crippen molar-refractivity contribution in [1.82, 2.24) is 20.2 Å². The first-order valence-corrected chi connectivity index (χ1v) is 14.3. The Bertz CT molecular complexity index is 1430. The Kier molecular flexibility index (Phi) is 9.81. The van der Waals surface area contributed by atoms with Crippen molar-refractivity contribution in [1.29, 1.82) is 0 Å². The minimum atomic E-state index is -4.40. The molecule has 1 aliphatic rings. The monoisotopic (exact) mass is 632 g/mol. The number of benzene rings is 2. The highest BCUT2D eigenvalue weighted by atomic mass is 35.5. The number of piperidine rings is 1. The number of aliphatic hydroxyl groups is 1. The van der Waals surface area contributed by atoms with E-state index in [0.29, 0.717) is 76.4 Å². The zero-order valence-electron chi connectivity index (χ0n) is 23.5. The van der Waals surface area contributed by atoms with Gasteiger partial charge in [0.15, 0.2) is 0 Å². The second-order valence-corrected chi connectivity index (χ2v) is 11.8. The van der Waals surface area contributed by atoms with Crippen molar-refractivity contribution >= 4 is 57.5 Å². The Hall–Kier alpha value is -2.80. The zero-order valence-corrected chi connectivity index (χ0v) is 25.0. The van der Waals surface area contributed by atoms with Gasteiger partial charge >= 0.3 is 6.18 Å². The summed E-state index contributed by atoms with van der Waals surface area (Å²) in [5.74, 6) is -0.288. The lowest BCUT2D eigenvalue weighted by atomic mass is 10.0. The molecule has 0 atom stereocenters. The standard InChI is InChI=1S/C28H34Cl2F4N6O2/c1-27(2,31)15-35-14-16-4-5-19(29)24(23(16)30)38-26-37-20-12-18(25(42)36-9-8-28(32,33)34)21(13-22(20)39(26)3)40-10-6-17(41)7-11-40/h4-5,12-13,17,35,41H,6-11,14-15H2,1-3H3,(H,36,42)(H,37,38). The summed E-state index contributed by atoms with van der Waals surface area (Å²) < 4.78 is 53.8. The number of alkyl halides is 4. The normalized spacial score (nSPS) is 15.0. The van der Waals surface area contributed by atoms with Crippen LogP contribution in [0.4, 0.5) is 34.9 Å². The number of imidazole rings is 1. The average molecular weight is 634 g/mol. The van der Waals surface area contributed by atoms with Crippen molar-refractivity contribution in [3.05, 3.63) is 45.4 Å². The van der Waals surface area contributed by atoms with E-state index in [2.05, 4.69) is 20.9 Å². The van der Waals surface area contributed by atoms with Crippen LogP contribution in [-0.2, 0) is 13.6 Å². The fourth-order valence-corrected chi connectivity index (χ4v) is 5.29. The number of aryl methyl sites for hydroxylation is 1. The van der Waals surface area contributed by atoms with Crippen LogP contribution in [-0.4, -0.2) is 64.7 Å². The number of nitrogens with one attached hydrogen (secondary N) is 3. The number of fused-ring (bicyclic) bond motifs is 1. The Labute approximate surface area is 251 Å². The fourth-order valence-electron chi connectivity index (χ4n) is 4.76. The van der Waals surface area contributed by atoms with Crippen molar-refractivity contribution in [2.75, 3.05) is 36.4 Å². The van der Waals surface area contributed by atoms with Crippen LogP contribution in [0.1, 0.15) is 49.0 Å². The highest BCUT2D eigenvalue weighted by Gasteiger charge is 2.28. The van der Waals surface area contributed by atoms with Gasteiger partial charge in [-0.15, -0.1) is 0 Å². The summed E-state index contributed by atoms with van der Waals surface area (Å²) in [5.41, 5.74) is 1.50. The Morgan fingerprint density at radius 2 is 1.83 bits per heavy atom. The maximum atomic E-state index is 13.9. The number of hydrogen-bond donors (Lipinski definition) is 4. The molecule has 0 unspecified atom stereocenters. The SMILES string of the molecule is Cn1c(Nc2c(Cl)ccc(CNCC(C)(C)F)c2Cl)nc2cc(C(=O)NCCC(F)(F)F)c(N3CCC(O)CC3)cc21. The predicted octanol–water partition coefficient (Wildman–Crippen LogP) is 6.10. The molecule has 230 valence electrons. The lowest BCUT2D eigenvalue weighted by Gasteiger charge is -2.32. The molecule has 4 N–H and O–H groups in total. The van der Waals surface area contributed by atoms with E-state index < -0.39 is 36.8 Å². The van der Waals surface area contributed by atoms with Crippen molar-refractivity contribution in [2.45, 2.75) is 57.6 Å². The van der Waals surface area contributed by atoms with Gasteiger partial charge in [-0.1, -0.05) is 29.3 Å². The van der Waals surface area contributed by atoms with E-state index >= 15 is 0 Å². The third kappa shape index (κ3) is 7.97. The van der Waals surface area contributed by atoms with Gasteiger partial charge in [0.1, 0.15) is 5.67 Å². The number of aliphatic hydroxyl groups excluding tert-OH is 1. The number of halogens is 6. The lowest BCUT2D eigenvalue weighted by molar-refractivity contribution is -0.133. The smallest absolute Gasteiger partial charge is 0.390 e. The van der Waals surface area contributed by atoms with Crippen molar-refractivity contribution in [3.63, 3.8) is 0 Å². The molecule has 2 heterocycles.